The molecule has 1 aromatic carbocycles. The zero-order chi connectivity index (χ0) is 25.8. The fraction of sp³-hybridized carbons (Fsp3) is 0.583. The number of hydrogen-bond acceptors (Lipinski definition) is 6. The van der Waals surface area contributed by atoms with Crippen LogP contribution in [-0.4, -0.2) is 65.0 Å². The summed E-state index contributed by atoms with van der Waals surface area (Å²) < 4.78 is 0. The fourth-order valence-corrected chi connectivity index (χ4v) is 3.65. The van der Waals surface area contributed by atoms with Crippen molar-refractivity contribution in [3.05, 3.63) is 35.9 Å². The predicted octanol–water partition coefficient (Wildman–Crippen LogP) is 1.16. The van der Waals surface area contributed by atoms with Crippen LogP contribution in [0.4, 0.5) is 0 Å². The van der Waals surface area contributed by atoms with Gasteiger partial charge in [0.2, 0.25) is 17.7 Å². The first kappa shape index (κ1) is 29.4. The highest BCUT2D eigenvalue weighted by Crippen LogP contribution is 2.09. The van der Waals surface area contributed by atoms with Crippen LogP contribution >= 0.6 is 11.8 Å². The number of rotatable bonds is 14. The molecule has 0 heterocycles. The fourth-order valence-electron chi connectivity index (χ4n) is 3.17. The van der Waals surface area contributed by atoms with E-state index in [1.165, 1.54) is 11.8 Å². The highest BCUT2D eigenvalue weighted by Gasteiger charge is 2.31. The quantitative estimate of drug-likeness (QED) is 0.260. The number of nitrogens with one attached hydrogen (secondary N) is 3. The summed E-state index contributed by atoms with van der Waals surface area (Å²) in [5, 5.41) is 17.4. The smallest absolute Gasteiger partial charge is 0.326 e. The second kappa shape index (κ2) is 14.6. The van der Waals surface area contributed by atoms with E-state index in [0.717, 1.165) is 5.56 Å². The highest BCUT2D eigenvalue weighted by atomic mass is 32.2. The molecule has 0 aliphatic carbocycles. The lowest BCUT2D eigenvalue weighted by Crippen LogP contribution is -2.58. The van der Waals surface area contributed by atoms with Crippen LogP contribution in [0.5, 0.6) is 0 Å². The Hall–Kier alpha value is -2.59. The molecule has 0 saturated heterocycles. The van der Waals surface area contributed by atoms with Crippen molar-refractivity contribution in [3.63, 3.8) is 0 Å². The predicted molar refractivity (Wildman–Crippen MR) is 134 cm³/mol. The van der Waals surface area contributed by atoms with E-state index < -0.39 is 47.9 Å². The first-order valence-corrected chi connectivity index (χ1v) is 12.8. The van der Waals surface area contributed by atoms with Crippen LogP contribution in [0.3, 0.4) is 0 Å². The maximum Gasteiger partial charge on any atom is 0.326 e. The molecule has 0 spiro atoms. The van der Waals surface area contributed by atoms with Gasteiger partial charge >= 0.3 is 5.97 Å². The van der Waals surface area contributed by atoms with Gasteiger partial charge in [0.25, 0.3) is 0 Å². The summed E-state index contributed by atoms with van der Waals surface area (Å²) in [7, 11) is 0. The maximum absolute atomic E-state index is 13.2. The third-order valence-corrected chi connectivity index (χ3v) is 6.05. The first-order valence-electron chi connectivity index (χ1n) is 11.4. The molecular formula is C24H38N4O5S. The van der Waals surface area contributed by atoms with Gasteiger partial charge in [0.15, 0.2) is 0 Å². The minimum atomic E-state index is -1.15. The van der Waals surface area contributed by atoms with Crippen LogP contribution in [0, 0.1) is 11.8 Å². The van der Waals surface area contributed by atoms with Crippen molar-refractivity contribution in [2.45, 2.75) is 64.7 Å². The Bertz CT molecular complexity index is 819. The molecule has 4 unspecified atom stereocenters. The van der Waals surface area contributed by atoms with Gasteiger partial charge in [0.1, 0.15) is 18.1 Å². The van der Waals surface area contributed by atoms with Crippen LogP contribution in [0.1, 0.15) is 39.7 Å². The Kier molecular flexibility index (Phi) is 12.7. The standard InChI is InChI=1S/C24H38N4O5S/c1-14(2)19(25)23(31)26-17(11-12-34-5)21(29)27-18(13-16-9-7-6-8-10-16)22(30)28-20(15(3)4)24(32)33/h6-10,14-15,17-20H,11-13,25H2,1-5H3,(H,26,31)(H,27,29)(H,28,30)(H,32,33). The molecule has 190 valence electrons. The van der Waals surface area contributed by atoms with Gasteiger partial charge in [-0.3, -0.25) is 14.4 Å². The van der Waals surface area contributed by atoms with E-state index in [2.05, 4.69) is 16.0 Å². The summed E-state index contributed by atoms with van der Waals surface area (Å²) >= 11 is 1.52. The zero-order valence-corrected chi connectivity index (χ0v) is 21.4. The normalized spacial score (nSPS) is 14.7. The first-order chi connectivity index (χ1) is 16.0. The summed E-state index contributed by atoms with van der Waals surface area (Å²) in [4.78, 5) is 50.3. The van der Waals surface area contributed by atoms with Crippen LogP contribution < -0.4 is 21.7 Å². The number of hydrogen-bond donors (Lipinski definition) is 5. The van der Waals surface area contributed by atoms with Gasteiger partial charge in [-0.05, 0) is 35.8 Å². The van der Waals surface area contributed by atoms with Gasteiger partial charge in [-0.25, -0.2) is 4.79 Å². The minimum Gasteiger partial charge on any atom is -0.480 e. The zero-order valence-electron chi connectivity index (χ0n) is 20.5. The number of benzene rings is 1. The highest BCUT2D eigenvalue weighted by molar-refractivity contribution is 7.98. The molecule has 1 aromatic rings. The largest absolute Gasteiger partial charge is 0.480 e. The van der Waals surface area contributed by atoms with E-state index in [1.807, 2.05) is 50.4 Å². The lowest BCUT2D eigenvalue weighted by atomic mass is 10.0. The van der Waals surface area contributed by atoms with Crippen LogP contribution in [0.25, 0.3) is 0 Å². The molecule has 1 rings (SSSR count). The number of carboxylic acid groups (broad SMARTS) is 1. The molecule has 4 atom stereocenters. The topological polar surface area (TPSA) is 151 Å². The Balaban J connectivity index is 3.10. The third-order valence-electron chi connectivity index (χ3n) is 5.41. The van der Waals surface area contributed by atoms with Crippen molar-refractivity contribution in [3.8, 4) is 0 Å². The molecule has 0 aliphatic rings. The Labute approximate surface area is 206 Å². The van der Waals surface area contributed by atoms with E-state index in [1.54, 1.807) is 13.8 Å². The number of carboxylic acids is 1. The van der Waals surface area contributed by atoms with Crippen LogP contribution in [-0.2, 0) is 25.6 Å². The third kappa shape index (κ3) is 9.72. The minimum absolute atomic E-state index is 0.107. The molecule has 6 N–H and O–H groups in total. The van der Waals surface area contributed by atoms with Gasteiger partial charge in [-0.15, -0.1) is 0 Å². The van der Waals surface area contributed by atoms with E-state index >= 15 is 0 Å². The molecule has 10 heteroatoms. The lowest BCUT2D eigenvalue weighted by Gasteiger charge is -2.26. The van der Waals surface area contributed by atoms with E-state index in [0.29, 0.717) is 12.2 Å². The summed E-state index contributed by atoms with van der Waals surface area (Å²) in [5.41, 5.74) is 6.73. The van der Waals surface area contributed by atoms with E-state index in [4.69, 9.17) is 5.73 Å². The number of carbonyl (C=O) groups excluding carboxylic acids is 3. The summed E-state index contributed by atoms with van der Waals surface area (Å²) in [6.07, 6.45) is 2.41. The van der Waals surface area contributed by atoms with Gasteiger partial charge in [-0.2, -0.15) is 11.8 Å². The van der Waals surface area contributed by atoms with E-state index in [-0.39, 0.29) is 18.3 Å². The lowest BCUT2D eigenvalue weighted by molar-refractivity contribution is -0.143. The average molecular weight is 495 g/mol. The molecule has 34 heavy (non-hydrogen) atoms. The second-order valence-corrected chi connectivity index (χ2v) is 9.92. The van der Waals surface area contributed by atoms with Crippen molar-refractivity contribution in [2.24, 2.45) is 17.6 Å². The molecule has 9 nitrogen and oxygen atoms in total. The number of thioether (sulfide) groups is 1. The summed E-state index contributed by atoms with van der Waals surface area (Å²) in [6.45, 7) is 7.01. The average Bonchev–Trinajstić information content (AvgIpc) is 2.78. The molecule has 0 aromatic heterocycles. The summed E-state index contributed by atoms with van der Waals surface area (Å²) in [5.74, 6) is -2.56. The molecule has 0 bridgehead atoms. The molecule has 3 amide bonds. The molecule has 0 radical (unpaired) electrons. The monoisotopic (exact) mass is 494 g/mol. The Morgan fingerprint density at radius 1 is 0.882 bits per heavy atom. The van der Waals surface area contributed by atoms with Gasteiger partial charge in [0.05, 0.1) is 6.04 Å². The molecule has 0 fully saturated rings. The molecule has 0 saturated carbocycles. The molecule has 0 aliphatic heterocycles. The SMILES string of the molecule is CSCCC(NC(=O)C(N)C(C)C)C(=O)NC(Cc1ccccc1)C(=O)NC(C(=O)O)C(C)C. The van der Waals surface area contributed by atoms with Crippen molar-refractivity contribution in [2.75, 3.05) is 12.0 Å². The van der Waals surface area contributed by atoms with Gasteiger partial charge in [-0.1, -0.05) is 58.0 Å². The second-order valence-electron chi connectivity index (χ2n) is 8.93. The van der Waals surface area contributed by atoms with Crippen molar-refractivity contribution in [1.29, 1.82) is 0 Å². The van der Waals surface area contributed by atoms with Gasteiger partial charge < -0.3 is 26.8 Å². The molecular weight excluding hydrogens is 456 g/mol. The maximum atomic E-state index is 13.2. The Morgan fingerprint density at radius 2 is 1.44 bits per heavy atom. The number of amides is 3. The van der Waals surface area contributed by atoms with Crippen LogP contribution in [0.2, 0.25) is 0 Å². The van der Waals surface area contributed by atoms with E-state index in [9.17, 15) is 24.3 Å². The van der Waals surface area contributed by atoms with Gasteiger partial charge in [0, 0.05) is 6.42 Å². The van der Waals surface area contributed by atoms with Crippen molar-refractivity contribution in [1.82, 2.24) is 16.0 Å². The van der Waals surface area contributed by atoms with Crippen LogP contribution in [0.15, 0.2) is 30.3 Å². The van der Waals surface area contributed by atoms with Crippen molar-refractivity contribution < 1.29 is 24.3 Å². The Morgan fingerprint density at radius 3 is 1.94 bits per heavy atom. The number of nitrogens with two attached hydrogens (primary N) is 1. The number of carbonyl (C=O) groups is 4. The van der Waals surface area contributed by atoms with Crippen molar-refractivity contribution >= 4 is 35.5 Å². The number of aliphatic carboxylic acids is 1. The summed E-state index contributed by atoms with van der Waals surface area (Å²) in [6, 6.07) is 5.33.